The molecule has 0 unspecified atom stereocenters. The zero-order chi connectivity index (χ0) is 15.6. The van der Waals surface area contributed by atoms with Crippen LogP contribution in [0.15, 0.2) is 6.07 Å². The Hall–Kier alpha value is -1.12. The predicted octanol–water partition coefficient (Wildman–Crippen LogP) is 2.25. The fourth-order valence-corrected chi connectivity index (χ4v) is 3.18. The summed E-state index contributed by atoms with van der Waals surface area (Å²) in [5, 5.41) is 11.5. The molecule has 2 heterocycles. The van der Waals surface area contributed by atoms with E-state index in [2.05, 4.69) is 5.32 Å². The second-order valence-electron chi connectivity index (χ2n) is 4.84. The lowest BCUT2D eigenvalue weighted by atomic mass is 10.1. The van der Waals surface area contributed by atoms with Gasteiger partial charge >= 0.3 is 6.18 Å². The van der Waals surface area contributed by atoms with Gasteiger partial charge in [-0.1, -0.05) is 6.92 Å². The third-order valence-corrected chi connectivity index (χ3v) is 4.56. The van der Waals surface area contributed by atoms with Crippen molar-refractivity contribution < 1.29 is 27.8 Å². The third kappa shape index (κ3) is 3.75. The van der Waals surface area contributed by atoms with Crippen molar-refractivity contribution in [3.8, 4) is 0 Å². The van der Waals surface area contributed by atoms with Gasteiger partial charge in [0.25, 0.3) is 5.91 Å². The van der Waals surface area contributed by atoms with Crippen molar-refractivity contribution in [2.45, 2.75) is 44.7 Å². The van der Waals surface area contributed by atoms with Crippen molar-refractivity contribution in [2.24, 2.45) is 0 Å². The molecule has 2 rings (SSSR count). The summed E-state index contributed by atoms with van der Waals surface area (Å²) in [4.78, 5) is 13.4. The van der Waals surface area contributed by atoms with Gasteiger partial charge in [-0.2, -0.15) is 13.2 Å². The van der Waals surface area contributed by atoms with Crippen LogP contribution < -0.4 is 5.32 Å². The highest BCUT2D eigenvalue weighted by molar-refractivity contribution is 7.14. The number of fused-ring (bicyclic) bond motifs is 1. The Bertz CT molecular complexity index is 492. The number of rotatable bonds is 4. The van der Waals surface area contributed by atoms with Gasteiger partial charge in [0.1, 0.15) is 0 Å². The predicted molar refractivity (Wildman–Crippen MR) is 71.3 cm³/mol. The van der Waals surface area contributed by atoms with E-state index in [4.69, 9.17) is 4.74 Å². The lowest BCUT2D eigenvalue weighted by molar-refractivity contribution is -0.211. The zero-order valence-corrected chi connectivity index (χ0v) is 12.2. The van der Waals surface area contributed by atoms with Gasteiger partial charge in [0.15, 0.2) is 6.10 Å². The second kappa shape index (κ2) is 6.33. The van der Waals surface area contributed by atoms with Crippen LogP contribution in [0.4, 0.5) is 13.2 Å². The fourth-order valence-electron chi connectivity index (χ4n) is 2.13. The SMILES string of the molecule is CC[C@H](NC(=O)c1cc2c(s1)CCOC2)[C@H](O)C(F)(F)F. The number of amides is 1. The van der Waals surface area contributed by atoms with Crippen LogP contribution in [0.2, 0.25) is 0 Å². The summed E-state index contributed by atoms with van der Waals surface area (Å²) in [5.74, 6) is -0.593. The van der Waals surface area contributed by atoms with Gasteiger partial charge in [0.05, 0.1) is 24.1 Å². The van der Waals surface area contributed by atoms with Crippen LogP contribution in [0.5, 0.6) is 0 Å². The van der Waals surface area contributed by atoms with Gasteiger partial charge in [-0.25, -0.2) is 0 Å². The maximum absolute atomic E-state index is 12.5. The van der Waals surface area contributed by atoms with E-state index in [1.807, 2.05) is 0 Å². The first kappa shape index (κ1) is 16.3. The average Bonchev–Trinajstić information content (AvgIpc) is 2.86. The molecule has 2 N–H and O–H groups in total. The van der Waals surface area contributed by atoms with Crippen molar-refractivity contribution in [3.05, 3.63) is 21.4 Å². The smallest absolute Gasteiger partial charge is 0.382 e. The van der Waals surface area contributed by atoms with Crippen molar-refractivity contribution in [1.29, 1.82) is 0 Å². The number of hydrogen-bond donors (Lipinski definition) is 2. The van der Waals surface area contributed by atoms with E-state index in [1.54, 1.807) is 6.07 Å². The lowest BCUT2D eigenvalue weighted by Crippen LogP contribution is -2.49. The minimum Gasteiger partial charge on any atom is -0.382 e. The Morgan fingerprint density at radius 1 is 1.57 bits per heavy atom. The molecule has 0 fully saturated rings. The van der Waals surface area contributed by atoms with Crippen LogP contribution in [0.25, 0.3) is 0 Å². The lowest BCUT2D eigenvalue weighted by Gasteiger charge is -2.24. The zero-order valence-electron chi connectivity index (χ0n) is 11.4. The summed E-state index contributed by atoms with van der Waals surface area (Å²) >= 11 is 1.26. The number of carbonyl (C=O) groups is 1. The van der Waals surface area contributed by atoms with Gasteiger partial charge in [-0.3, -0.25) is 4.79 Å². The summed E-state index contributed by atoms with van der Waals surface area (Å²) in [7, 11) is 0. The monoisotopic (exact) mass is 323 g/mol. The van der Waals surface area contributed by atoms with Crippen LogP contribution in [0, 0.1) is 0 Å². The number of halogens is 3. The molecule has 1 aliphatic heterocycles. The maximum Gasteiger partial charge on any atom is 0.416 e. The van der Waals surface area contributed by atoms with E-state index in [9.17, 15) is 23.1 Å². The number of ether oxygens (including phenoxy) is 1. The van der Waals surface area contributed by atoms with Crippen molar-refractivity contribution in [2.75, 3.05) is 6.61 Å². The Labute approximate surface area is 123 Å². The summed E-state index contributed by atoms with van der Waals surface area (Å²) in [5.41, 5.74) is 0.904. The molecule has 0 spiro atoms. The standard InChI is InChI=1S/C13H16F3NO3S/c1-2-8(11(18)13(14,15)16)17-12(19)10-5-7-6-20-4-3-9(7)21-10/h5,8,11,18H,2-4,6H2,1H3,(H,17,19)/t8-,11-/m0/s1. The Kier molecular flexibility index (Phi) is 4.90. The summed E-state index contributed by atoms with van der Waals surface area (Å²) in [6.07, 6.45) is -6.63. The van der Waals surface area contributed by atoms with Gasteiger partial charge in [0, 0.05) is 11.3 Å². The van der Waals surface area contributed by atoms with Crippen LogP contribution in [0.3, 0.4) is 0 Å². The van der Waals surface area contributed by atoms with Gasteiger partial charge < -0.3 is 15.2 Å². The molecule has 0 saturated carbocycles. The topological polar surface area (TPSA) is 58.6 Å². The molecule has 0 aromatic carbocycles. The quantitative estimate of drug-likeness (QED) is 0.893. The maximum atomic E-state index is 12.5. The minimum absolute atomic E-state index is 0.0133. The molecule has 1 amide bonds. The van der Waals surface area contributed by atoms with Gasteiger partial charge in [0.2, 0.25) is 0 Å². The first-order valence-electron chi connectivity index (χ1n) is 6.58. The number of thiophene rings is 1. The molecule has 0 bridgehead atoms. The molecule has 0 radical (unpaired) electrons. The Balaban J connectivity index is 2.07. The number of carbonyl (C=O) groups excluding carboxylic acids is 1. The van der Waals surface area contributed by atoms with Crippen molar-refractivity contribution in [1.82, 2.24) is 5.32 Å². The first-order valence-corrected chi connectivity index (χ1v) is 7.39. The highest BCUT2D eigenvalue weighted by Crippen LogP contribution is 2.28. The van der Waals surface area contributed by atoms with Crippen molar-refractivity contribution in [3.63, 3.8) is 0 Å². The van der Waals surface area contributed by atoms with Crippen molar-refractivity contribution >= 4 is 17.2 Å². The highest BCUT2D eigenvalue weighted by atomic mass is 32.1. The van der Waals surface area contributed by atoms with E-state index in [0.717, 1.165) is 10.4 Å². The third-order valence-electron chi connectivity index (χ3n) is 3.32. The molecule has 4 nitrogen and oxygen atoms in total. The normalized spacial score (nSPS) is 18.0. The first-order chi connectivity index (χ1) is 9.82. The van der Waals surface area contributed by atoms with Crippen LogP contribution in [-0.4, -0.2) is 35.9 Å². The van der Waals surface area contributed by atoms with E-state index in [-0.39, 0.29) is 6.42 Å². The summed E-state index contributed by atoms with van der Waals surface area (Å²) in [6.45, 7) is 2.48. The molecule has 1 aromatic heterocycles. The van der Waals surface area contributed by atoms with Crippen LogP contribution in [-0.2, 0) is 17.8 Å². The Morgan fingerprint density at radius 2 is 2.29 bits per heavy atom. The summed E-state index contributed by atoms with van der Waals surface area (Å²) in [6, 6.07) is 0.286. The second-order valence-corrected chi connectivity index (χ2v) is 5.97. The van der Waals surface area contributed by atoms with E-state index < -0.39 is 24.2 Å². The number of alkyl halides is 3. The van der Waals surface area contributed by atoms with Crippen LogP contribution in [0.1, 0.15) is 33.5 Å². The Morgan fingerprint density at radius 3 is 2.86 bits per heavy atom. The summed E-state index contributed by atoms with van der Waals surface area (Å²) < 4.78 is 42.8. The molecular formula is C13H16F3NO3S. The number of aliphatic hydroxyl groups is 1. The number of hydrogen-bond acceptors (Lipinski definition) is 4. The average molecular weight is 323 g/mol. The number of nitrogens with one attached hydrogen (secondary N) is 1. The molecule has 8 heteroatoms. The van der Waals surface area contributed by atoms with Crippen LogP contribution >= 0.6 is 11.3 Å². The molecule has 21 heavy (non-hydrogen) atoms. The molecular weight excluding hydrogens is 307 g/mol. The molecule has 118 valence electrons. The largest absolute Gasteiger partial charge is 0.416 e. The van der Waals surface area contributed by atoms with E-state index in [1.165, 1.54) is 18.3 Å². The number of aliphatic hydroxyl groups excluding tert-OH is 1. The van der Waals surface area contributed by atoms with Gasteiger partial charge in [-0.15, -0.1) is 11.3 Å². The minimum atomic E-state index is -4.75. The highest BCUT2D eigenvalue weighted by Gasteiger charge is 2.43. The molecule has 0 aliphatic carbocycles. The van der Waals surface area contributed by atoms with Gasteiger partial charge in [-0.05, 0) is 18.1 Å². The molecule has 0 saturated heterocycles. The van der Waals surface area contributed by atoms with E-state index >= 15 is 0 Å². The molecule has 1 aliphatic rings. The molecule has 1 aromatic rings. The fraction of sp³-hybridized carbons (Fsp3) is 0.615. The van der Waals surface area contributed by atoms with E-state index in [0.29, 0.717) is 24.5 Å². The molecule has 2 atom stereocenters.